The van der Waals surface area contributed by atoms with Crippen molar-refractivity contribution in [2.45, 2.75) is 55.6 Å². The number of amides is 1. The summed E-state index contributed by atoms with van der Waals surface area (Å²) in [6.07, 6.45) is 5.73. The molecule has 2 aliphatic carbocycles. The lowest BCUT2D eigenvalue weighted by molar-refractivity contribution is -0.120. The topological polar surface area (TPSA) is 84.5 Å². The molecule has 1 aromatic rings. The molecule has 3 rings (SSSR count). The third-order valence-electron chi connectivity index (χ3n) is 4.17. The predicted octanol–water partition coefficient (Wildman–Crippen LogP) is 1.70. The predicted molar refractivity (Wildman–Crippen MR) is 85.6 cm³/mol. The van der Waals surface area contributed by atoms with Gasteiger partial charge in [-0.25, -0.2) is 17.5 Å². The molecule has 0 atom stereocenters. The van der Waals surface area contributed by atoms with Crippen LogP contribution < -0.4 is 14.8 Å². The van der Waals surface area contributed by atoms with Crippen LogP contribution in [0, 0.1) is 5.82 Å². The van der Waals surface area contributed by atoms with Gasteiger partial charge in [0.1, 0.15) is 0 Å². The summed E-state index contributed by atoms with van der Waals surface area (Å²) in [5, 5.41) is 2.68. The zero-order valence-corrected chi connectivity index (χ0v) is 14.1. The first-order valence-electron chi connectivity index (χ1n) is 8.19. The molecule has 0 bridgehead atoms. The summed E-state index contributed by atoms with van der Waals surface area (Å²) in [6.45, 7) is -0.360. The molecule has 8 heteroatoms. The molecule has 0 aromatic heterocycles. The molecule has 2 N–H and O–H groups in total. The highest BCUT2D eigenvalue weighted by molar-refractivity contribution is 7.89. The number of rotatable bonds is 7. The Morgan fingerprint density at radius 2 is 1.92 bits per heavy atom. The van der Waals surface area contributed by atoms with Gasteiger partial charge in [-0.2, -0.15) is 0 Å². The average Bonchev–Trinajstić information content (AvgIpc) is 3.20. The molecule has 2 aliphatic rings. The molecular weight excluding hydrogens is 335 g/mol. The largest absolute Gasteiger partial charge is 0.487 e. The molecule has 0 aliphatic heterocycles. The Bertz CT molecular complexity index is 713. The van der Waals surface area contributed by atoms with Gasteiger partial charge < -0.3 is 10.1 Å². The number of sulfonamides is 1. The molecule has 0 spiro atoms. The highest BCUT2D eigenvalue weighted by atomic mass is 32.2. The molecule has 2 saturated carbocycles. The van der Waals surface area contributed by atoms with Crippen molar-refractivity contribution in [3.05, 3.63) is 24.0 Å². The molecule has 0 unspecified atom stereocenters. The van der Waals surface area contributed by atoms with E-state index in [1.54, 1.807) is 0 Å². The number of carbonyl (C=O) groups is 1. The van der Waals surface area contributed by atoms with Crippen LogP contribution in [-0.4, -0.2) is 33.0 Å². The van der Waals surface area contributed by atoms with E-state index in [1.165, 1.54) is 12.1 Å². The summed E-state index contributed by atoms with van der Waals surface area (Å²) >= 11 is 0. The minimum absolute atomic E-state index is 0.00815. The smallest absolute Gasteiger partial charge is 0.241 e. The van der Waals surface area contributed by atoms with E-state index in [0.29, 0.717) is 0 Å². The van der Waals surface area contributed by atoms with Gasteiger partial charge in [0.2, 0.25) is 15.9 Å². The summed E-state index contributed by atoms with van der Waals surface area (Å²) in [5.41, 5.74) is 0. The van der Waals surface area contributed by atoms with Crippen LogP contribution in [0.15, 0.2) is 23.1 Å². The molecule has 0 radical (unpaired) electrons. The van der Waals surface area contributed by atoms with Crippen molar-refractivity contribution in [3.8, 4) is 5.75 Å². The molecular formula is C16H21FN2O4S. The van der Waals surface area contributed by atoms with Gasteiger partial charge in [0.05, 0.1) is 17.5 Å². The molecule has 24 heavy (non-hydrogen) atoms. The van der Waals surface area contributed by atoms with E-state index >= 15 is 0 Å². The number of ether oxygens (including phenoxy) is 1. The van der Waals surface area contributed by atoms with E-state index in [2.05, 4.69) is 10.0 Å². The van der Waals surface area contributed by atoms with E-state index in [1.807, 2.05) is 0 Å². The van der Waals surface area contributed by atoms with E-state index in [-0.39, 0.29) is 35.2 Å². The normalized spacial score (nSPS) is 18.5. The number of hydrogen-bond acceptors (Lipinski definition) is 4. The maximum absolute atomic E-state index is 14.1. The van der Waals surface area contributed by atoms with E-state index in [9.17, 15) is 17.6 Å². The fourth-order valence-electron chi connectivity index (χ4n) is 2.68. The first-order chi connectivity index (χ1) is 11.4. The van der Waals surface area contributed by atoms with Crippen molar-refractivity contribution in [1.29, 1.82) is 0 Å². The van der Waals surface area contributed by atoms with Crippen LogP contribution in [0.5, 0.6) is 5.75 Å². The minimum atomic E-state index is -3.94. The number of halogens is 1. The Morgan fingerprint density at radius 1 is 1.21 bits per heavy atom. The number of benzene rings is 1. The number of hydrogen-bond donors (Lipinski definition) is 2. The van der Waals surface area contributed by atoms with Gasteiger partial charge in [0.15, 0.2) is 11.6 Å². The molecule has 1 amide bonds. The Balaban J connectivity index is 1.61. The lowest BCUT2D eigenvalue weighted by Crippen LogP contribution is -2.37. The first kappa shape index (κ1) is 17.2. The van der Waals surface area contributed by atoms with Crippen molar-refractivity contribution >= 4 is 15.9 Å². The molecule has 6 nitrogen and oxygen atoms in total. The zero-order valence-electron chi connectivity index (χ0n) is 13.3. The summed E-state index contributed by atoms with van der Waals surface area (Å²) in [7, 11) is -3.94. The van der Waals surface area contributed by atoms with Gasteiger partial charge in [-0.15, -0.1) is 0 Å². The van der Waals surface area contributed by atoms with E-state index in [4.69, 9.17) is 4.74 Å². The maximum Gasteiger partial charge on any atom is 0.241 e. The van der Waals surface area contributed by atoms with Crippen LogP contribution >= 0.6 is 0 Å². The van der Waals surface area contributed by atoms with Gasteiger partial charge in [0.25, 0.3) is 0 Å². The monoisotopic (exact) mass is 356 g/mol. The van der Waals surface area contributed by atoms with Crippen molar-refractivity contribution in [3.63, 3.8) is 0 Å². The summed E-state index contributed by atoms with van der Waals surface area (Å²) in [4.78, 5) is 11.3. The Morgan fingerprint density at radius 3 is 2.54 bits per heavy atom. The first-order valence-corrected chi connectivity index (χ1v) is 9.67. The summed E-state index contributed by atoms with van der Waals surface area (Å²) in [6, 6.07) is 3.69. The fourth-order valence-corrected chi connectivity index (χ4v) is 3.67. The Hall–Kier alpha value is -1.67. The third kappa shape index (κ3) is 4.45. The second kappa shape index (κ2) is 7.06. The quantitative estimate of drug-likeness (QED) is 0.779. The third-order valence-corrected chi connectivity index (χ3v) is 5.57. The highest BCUT2D eigenvalue weighted by Gasteiger charge is 2.25. The second-order valence-corrected chi connectivity index (χ2v) is 8.05. The van der Waals surface area contributed by atoms with Crippen molar-refractivity contribution in [2.75, 3.05) is 6.54 Å². The van der Waals surface area contributed by atoms with Crippen LogP contribution in [0.4, 0.5) is 4.39 Å². The van der Waals surface area contributed by atoms with Gasteiger partial charge in [-0.1, -0.05) is 0 Å². The van der Waals surface area contributed by atoms with Crippen LogP contribution in [0.25, 0.3) is 0 Å². The van der Waals surface area contributed by atoms with Crippen molar-refractivity contribution in [2.24, 2.45) is 0 Å². The van der Waals surface area contributed by atoms with Gasteiger partial charge in [-0.3, -0.25) is 4.79 Å². The van der Waals surface area contributed by atoms with Crippen LogP contribution in [0.2, 0.25) is 0 Å². The van der Waals surface area contributed by atoms with Gasteiger partial charge in [0, 0.05) is 6.04 Å². The lowest BCUT2D eigenvalue weighted by atomic mass is 10.3. The highest BCUT2D eigenvalue weighted by Crippen LogP contribution is 2.27. The standard InChI is InChI=1S/C16H21FN2O4S/c17-14-9-13(7-8-15(14)23-12-3-1-2-4-12)24(21,22)18-10-16(20)19-11-5-6-11/h7-9,11-12,18H,1-6,10H2,(H,19,20). The Labute approximate surface area is 140 Å². The fraction of sp³-hybridized carbons (Fsp3) is 0.562. The molecule has 0 saturated heterocycles. The second-order valence-electron chi connectivity index (χ2n) is 6.28. The van der Waals surface area contributed by atoms with Crippen LogP contribution in [0.1, 0.15) is 38.5 Å². The lowest BCUT2D eigenvalue weighted by Gasteiger charge is -2.14. The van der Waals surface area contributed by atoms with Crippen LogP contribution in [0.3, 0.4) is 0 Å². The van der Waals surface area contributed by atoms with Crippen LogP contribution in [-0.2, 0) is 14.8 Å². The van der Waals surface area contributed by atoms with E-state index < -0.39 is 15.8 Å². The SMILES string of the molecule is O=C(CNS(=O)(=O)c1ccc(OC2CCCC2)c(F)c1)NC1CC1. The molecule has 132 valence electrons. The zero-order chi connectivity index (χ0) is 17.2. The number of nitrogens with one attached hydrogen (secondary N) is 2. The minimum Gasteiger partial charge on any atom is -0.487 e. The van der Waals surface area contributed by atoms with Gasteiger partial charge >= 0.3 is 0 Å². The van der Waals surface area contributed by atoms with Gasteiger partial charge in [-0.05, 0) is 56.7 Å². The van der Waals surface area contributed by atoms with E-state index in [0.717, 1.165) is 44.6 Å². The Kier molecular flexibility index (Phi) is 5.05. The average molecular weight is 356 g/mol. The number of carbonyl (C=O) groups excluding carboxylic acids is 1. The van der Waals surface area contributed by atoms with Crippen molar-refractivity contribution < 1.29 is 22.3 Å². The molecule has 1 aromatic carbocycles. The summed E-state index contributed by atoms with van der Waals surface area (Å²) < 4.78 is 46.2. The maximum atomic E-state index is 14.1. The summed E-state index contributed by atoms with van der Waals surface area (Å²) in [5.74, 6) is -1.04. The van der Waals surface area contributed by atoms with Crippen molar-refractivity contribution in [1.82, 2.24) is 10.0 Å². The molecule has 0 heterocycles. The molecule has 2 fully saturated rings.